The standard InChI is InChI=1S/C30H20BFN5/c32-31-36-18-8-16-25(36)27(26-17-9-19-37(26)31)23-14-7-15-24(20-23)30-34-28(21-10-3-1-4-11-21)33-29(35-30)22-12-5-2-6-13-22/h1-20H/q+1. The number of aromatic nitrogens is 4. The van der Waals surface area contributed by atoms with Gasteiger partial charge in [0.15, 0.2) is 23.2 Å². The molecule has 0 aliphatic carbocycles. The molecular formula is C30H20BFN5+. The van der Waals surface area contributed by atoms with E-state index < -0.39 is 7.26 Å². The number of hydrogen-bond acceptors (Lipinski definition) is 3. The largest absolute Gasteiger partial charge is 0.845 e. The summed E-state index contributed by atoms with van der Waals surface area (Å²) in [6, 6.07) is 31.8. The summed E-state index contributed by atoms with van der Waals surface area (Å²) in [5, 5.41) is 0. The zero-order chi connectivity index (χ0) is 24.8. The summed E-state index contributed by atoms with van der Waals surface area (Å²) >= 11 is 0. The van der Waals surface area contributed by atoms with Crippen LogP contribution in [-0.4, -0.2) is 37.4 Å². The van der Waals surface area contributed by atoms with E-state index in [-0.39, 0.29) is 0 Å². The summed E-state index contributed by atoms with van der Waals surface area (Å²) in [6.07, 6.45) is 7.38. The third-order valence-corrected chi connectivity index (χ3v) is 6.64. The average Bonchev–Trinajstić information content (AvgIpc) is 3.65. The van der Waals surface area contributed by atoms with Crippen LogP contribution in [0, 0.1) is 0 Å². The number of fused-ring (bicyclic) bond motifs is 2. The molecule has 0 saturated carbocycles. The van der Waals surface area contributed by atoms with E-state index in [1.807, 2.05) is 103 Å². The molecule has 2 aromatic heterocycles. The lowest BCUT2D eigenvalue weighted by molar-refractivity contribution is -0.329. The molecule has 2 aliphatic rings. The zero-order valence-electron chi connectivity index (χ0n) is 19.7. The summed E-state index contributed by atoms with van der Waals surface area (Å²) in [4.78, 5) is 14.5. The van der Waals surface area contributed by atoms with Crippen molar-refractivity contribution in [3.8, 4) is 34.2 Å². The SMILES string of the molecule is FB1n2cccc2C(c2cccc(-c3nc(-c4ccccc4)nc(-c4ccccc4)n3)c2)=C2C=CC=[N+]12. The normalized spacial score (nSPS) is 14.0. The molecule has 0 radical (unpaired) electrons. The molecule has 0 bridgehead atoms. The molecule has 0 N–H and O–H groups in total. The lowest BCUT2D eigenvalue weighted by atomic mass is 9.90. The van der Waals surface area contributed by atoms with Crippen LogP contribution in [0.25, 0.3) is 39.7 Å². The minimum absolute atomic E-state index is 0.583. The lowest BCUT2D eigenvalue weighted by Crippen LogP contribution is -2.37. The minimum atomic E-state index is -1.27. The monoisotopic (exact) mass is 480 g/mol. The van der Waals surface area contributed by atoms with E-state index >= 15 is 4.32 Å². The topological polar surface area (TPSA) is 46.6 Å². The van der Waals surface area contributed by atoms with Crippen LogP contribution in [0.1, 0.15) is 11.3 Å². The van der Waals surface area contributed by atoms with E-state index in [4.69, 9.17) is 15.0 Å². The van der Waals surface area contributed by atoms with Gasteiger partial charge in [0.1, 0.15) is 6.21 Å². The summed E-state index contributed by atoms with van der Waals surface area (Å²) < 4.78 is 18.5. The van der Waals surface area contributed by atoms with Crippen molar-refractivity contribution in [2.45, 2.75) is 0 Å². The predicted molar refractivity (Wildman–Crippen MR) is 144 cm³/mol. The van der Waals surface area contributed by atoms with E-state index in [1.165, 1.54) is 0 Å². The molecule has 0 amide bonds. The van der Waals surface area contributed by atoms with Crippen molar-refractivity contribution in [3.05, 3.63) is 132 Å². The number of rotatable bonds is 4. The smallest absolute Gasteiger partial charge is 0.293 e. The first-order valence-electron chi connectivity index (χ1n) is 12.1. The molecule has 5 nitrogen and oxygen atoms in total. The molecule has 0 atom stereocenters. The van der Waals surface area contributed by atoms with Gasteiger partial charge in [-0.2, -0.15) is 0 Å². The Bertz CT molecular complexity index is 1680. The minimum Gasteiger partial charge on any atom is -0.293 e. The number of halogens is 1. The Morgan fingerprint density at radius 2 is 1.24 bits per heavy atom. The first-order valence-corrected chi connectivity index (χ1v) is 12.1. The zero-order valence-corrected chi connectivity index (χ0v) is 19.7. The predicted octanol–water partition coefficient (Wildman–Crippen LogP) is 5.90. The Labute approximate surface area is 213 Å². The fourth-order valence-corrected chi connectivity index (χ4v) is 4.90. The molecule has 4 heterocycles. The van der Waals surface area contributed by atoms with Gasteiger partial charge in [-0.05, 0) is 23.8 Å². The fraction of sp³-hybridized carbons (Fsp3) is 0. The quantitative estimate of drug-likeness (QED) is 0.301. The number of nitrogens with zero attached hydrogens (tertiary/aromatic N) is 5. The van der Waals surface area contributed by atoms with Gasteiger partial charge in [0.05, 0.1) is 11.3 Å². The van der Waals surface area contributed by atoms with Crippen LogP contribution in [0.5, 0.6) is 0 Å². The molecule has 37 heavy (non-hydrogen) atoms. The van der Waals surface area contributed by atoms with Crippen LogP contribution in [0.15, 0.2) is 121 Å². The third kappa shape index (κ3) is 3.64. The molecule has 0 unspecified atom stereocenters. The van der Waals surface area contributed by atoms with Crippen LogP contribution >= 0.6 is 0 Å². The Kier molecular flexibility index (Phi) is 4.99. The van der Waals surface area contributed by atoms with Crippen LogP contribution in [0.3, 0.4) is 0 Å². The molecule has 0 spiro atoms. The van der Waals surface area contributed by atoms with Gasteiger partial charge in [-0.1, -0.05) is 78.9 Å². The Morgan fingerprint density at radius 3 is 1.92 bits per heavy atom. The summed E-state index contributed by atoms with van der Waals surface area (Å²) in [6.45, 7) is 0. The highest BCUT2D eigenvalue weighted by Gasteiger charge is 2.46. The van der Waals surface area contributed by atoms with Gasteiger partial charge in [-0.15, -0.1) is 0 Å². The molecular weight excluding hydrogens is 460 g/mol. The van der Waals surface area contributed by atoms with Crippen LogP contribution in [0.2, 0.25) is 0 Å². The Morgan fingerprint density at radius 1 is 0.649 bits per heavy atom. The van der Waals surface area contributed by atoms with E-state index in [9.17, 15) is 0 Å². The van der Waals surface area contributed by atoms with E-state index in [1.54, 1.807) is 21.4 Å². The molecule has 5 aromatic rings. The molecule has 7 heteroatoms. The molecule has 3 aromatic carbocycles. The van der Waals surface area contributed by atoms with Gasteiger partial charge in [0.2, 0.25) is 0 Å². The van der Waals surface area contributed by atoms with Gasteiger partial charge in [-0.25, -0.2) is 23.8 Å². The third-order valence-electron chi connectivity index (χ3n) is 6.64. The molecule has 174 valence electrons. The van der Waals surface area contributed by atoms with E-state index in [0.717, 1.165) is 39.2 Å². The highest BCUT2D eigenvalue weighted by Crippen LogP contribution is 2.36. The first-order chi connectivity index (χ1) is 18.3. The van der Waals surface area contributed by atoms with Crippen molar-refractivity contribution < 1.29 is 8.80 Å². The number of benzene rings is 3. The first kappa shape index (κ1) is 21.4. The highest BCUT2D eigenvalue weighted by molar-refractivity contribution is 6.42. The Hall–Kier alpha value is -4.91. The van der Waals surface area contributed by atoms with E-state index in [0.29, 0.717) is 17.5 Å². The van der Waals surface area contributed by atoms with Gasteiger partial charge < -0.3 is 0 Å². The highest BCUT2D eigenvalue weighted by atomic mass is 19.1. The maximum absolute atomic E-state index is 15.2. The maximum Gasteiger partial charge on any atom is 0.845 e. The molecule has 0 fully saturated rings. The summed E-state index contributed by atoms with van der Waals surface area (Å²) in [7, 11) is -1.27. The van der Waals surface area contributed by atoms with Gasteiger partial charge in [-0.3, -0.25) is 4.48 Å². The van der Waals surface area contributed by atoms with Crippen LogP contribution in [-0.2, 0) is 0 Å². The second-order valence-corrected chi connectivity index (χ2v) is 8.91. The Balaban J connectivity index is 1.40. The summed E-state index contributed by atoms with van der Waals surface area (Å²) in [5.74, 6) is 1.81. The van der Waals surface area contributed by atoms with Gasteiger partial charge >= 0.3 is 7.26 Å². The van der Waals surface area contributed by atoms with Crippen molar-refractivity contribution in [1.29, 1.82) is 0 Å². The van der Waals surface area contributed by atoms with Crippen molar-refractivity contribution in [2.75, 3.05) is 0 Å². The average molecular weight is 480 g/mol. The molecule has 7 rings (SSSR count). The van der Waals surface area contributed by atoms with Gasteiger partial charge in [0.25, 0.3) is 0 Å². The molecule has 0 saturated heterocycles. The van der Waals surface area contributed by atoms with Gasteiger partial charge in [0, 0.05) is 35.0 Å². The molecule has 2 aliphatic heterocycles. The number of hydrogen-bond donors (Lipinski definition) is 0. The maximum atomic E-state index is 15.2. The number of allylic oxidation sites excluding steroid dienone is 2. The van der Waals surface area contributed by atoms with Crippen LogP contribution in [0.4, 0.5) is 4.32 Å². The second kappa shape index (κ2) is 8.64. The van der Waals surface area contributed by atoms with Crippen LogP contribution < -0.4 is 0 Å². The van der Waals surface area contributed by atoms with Crippen molar-refractivity contribution in [3.63, 3.8) is 0 Å². The van der Waals surface area contributed by atoms with Crippen molar-refractivity contribution >= 4 is 19.0 Å². The van der Waals surface area contributed by atoms with Crippen molar-refractivity contribution in [2.24, 2.45) is 0 Å². The summed E-state index contributed by atoms with van der Waals surface area (Å²) in [5.41, 5.74) is 6.30. The fourth-order valence-electron chi connectivity index (χ4n) is 4.90. The van der Waals surface area contributed by atoms with E-state index in [2.05, 4.69) is 6.07 Å². The second-order valence-electron chi connectivity index (χ2n) is 8.91. The van der Waals surface area contributed by atoms with Crippen molar-refractivity contribution in [1.82, 2.24) is 19.4 Å². The lowest BCUT2D eigenvalue weighted by Gasteiger charge is -2.18.